The molecular formula is C40H52ClFN4O6S. The maximum Gasteiger partial charge on any atom is 0.264 e. The third kappa shape index (κ3) is 8.26. The number of allylic oxidation sites excluding steroid dienone is 1. The molecule has 4 bridgehead atoms. The molecule has 2 aromatic rings. The van der Waals surface area contributed by atoms with Crippen molar-refractivity contribution in [3.63, 3.8) is 0 Å². The minimum absolute atomic E-state index is 0.0905. The molecule has 5 aliphatic rings. The van der Waals surface area contributed by atoms with E-state index in [-0.39, 0.29) is 23.5 Å². The Kier molecular flexibility index (Phi) is 11.4. The number of hydrogen-bond donors (Lipinski definition) is 1. The maximum atomic E-state index is 16.1. The first-order valence-electron chi connectivity index (χ1n) is 19.3. The van der Waals surface area contributed by atoms with E-state index in [9.17, 15) is 18.0 Å². The lowest BCUT2D eigenvalue weighted by Crippen LogP contribution is -2.60. The Morgan fingerprint density at radius 3 is 2.45 bits per heavy atom. The van der Waals surface area contributed by atoms with Crippen LogP contribution < -0.4 is 14.4 Å². The van der Waals surface area contributed by atoms with Gasteiger partial charge in [0.05, 0.1) is 23.1 Å². The fourth-order valence-corrected chi connectivity index (χ4v) is 10.1. The van der Waals surface area contributed by atoms with Gasteiger partial charge >= 0.3 is 0 Å². The Balaban J connectivity index is 1.02. The van der Waals surface area contributed by atoms with Crippen molar-refractivity contribution in [2.24, 2.45) is 5.92 Å². The van der Waals surface area contributed by atoms with Crippen molar-refractivity contribution < 1.29 is 31.9 Å². The highest BCUT2D eigenvalue weighted by Gasteiger charge is 2.45. The number of likely N-dealkylation sites (tertiary alicyclic amines) is 1. The molecule has 1 aliphatic carbocycles. The molecule has 4 heterocycles. The van der Waals surface area contributed by atoms with Crippen LogP contribution in [0.2, 0.25) is 5.02 Å². The van der Waals surface area contributed by atoms with Crippen LogP contribution in [-0.4, -0.2) is 92.8 Å². The fraction of sp³-hybridized carbons (Fsp3) is 0.600. The number of morpholine rings is 1. The first-order chi connectivity index (χ1) is 25.4. The standard InChI is InChI=1S/C40H52ClFN4O6S/c1-27(9-11-34(42)37(45-17-5-6-18-45)39(48)46-20-21-52-40(26-46)14-7-15-40)28(2)53(49,50)43-38(47)31-10-12-36-35(24-31)44-16-4-3-8-29-22-32(41)23-30(13-19-44)33(29)25-51-36/h10-12,22-24,27-28,37H,3-9,13-21,25-26H2,1-2H3,(H,43,47)/b34-11-/t27-,28+,37+/m0/s1. The number of nitrogens with one attached hydrogen (secondary N) is 1. The number of amides is 2. The van der Waals surface area contributed by atoms with Gasteiger partial charge in [-0.05, 0) is 137 Å². The Labute approximate surface area is 318 Å². The largest absolute Gasteiger partial charge is 0.487 e. The van der Waals surface area contributed by atoms with Gasteiger partial charge in [-0.2, -0.15) is 0 Å². The van der Waals surface area contributed by atoms with Crippen LogP contribution >= 0.6 is 11.6 Å². The van der Waals surface area contributed by atoms with E-state index >= 15 is 4.39 Å². The molecule has 4 aliphatic heterocycles. The highest BCUT2D eigenvalue weighted by atomic mass is 35.5. The van der Waals surface area contributed by atoms with Crippen LogP contribution in [0, 0.1) is 5.92 Å². The smallest absolute Gasteiger partial charge is 0.264 e. The molecule has 2 aromatic carbocycles. The number of ether oxygens (including phenoxy) is 2. The molecule has 3 atom stereocenters. The van der Waals surface area contributed by atoms with Crippen LogP contribution in [-0.2, 0) is 39.0 Å². The average molecular weight is 771 g/mol. The van der Waals surface area contributed by atoms with E-state index < -0.39 is 39.0 Å². The first kappa shape index (κ1) is 38.1. The molecule has 0 radical (unpaired) electrons. The van der Waals surface area contributed by atoms with Gasteiger partial charge in [-0.1, -0.05) is 24.6 Å². The summed E-state index contributed by atoms with van der Waals surface area (Å²) in [5.41, 5.74) is 4.19. The number of sulfonamides is 1. The summed E-state index contributed by atoms with van der Waals surface area (Å²) in [5.74, 6) is -1.44. The number of hydrogen-bond acceptors (Lipinski definition) is 8. The van der Waals surface area contributed by atoms with Crippen molar-refractivity contribution >= 4 is 39.1 Å². The molecular weight excluding hydrogens is 719 g/mol. The summed E-state index contributed by atoms with van der Waals surface area (Å²) >= 11 is 6.48. The van der Waals surface area contributed by atoms with Crippen molar-refractivity contribution in [2.75, 3.05) is 50.8 Å². The van der Waals surface area contributed by atoms with Gasteiger partial charge in [0, 0.05) is 36.8 Å². The zero-order valence-corrected chi connectivity index (χ0v) is 32.5. The summed E-state index contributed by atoms with van der Waals surface area (Å²) in [4.78, 5) is 33.2. The average Bonchev–Trinajstić information content (AvgIpc) is 3.67. The van der Waals surface area contributed by atoms with Crippen molar-refractivity contribution in [1.82, 2.24) is 14.5 Å². The van der Waals surface area contributed by atoms with Crippen molar-refractivity contribution in [3.8, 4) is 5.75 Å². The van der Waals surface area contributed by atoms with Crippen LogP contribution in [0.5, 0.6) is 5.75 Å². The molecule has 2 amide bonds. The molecule has 288 valence electrons. The molecule has 13 heteroatoms. The van der Waals surface area contributed by atoms with Crippen molar-refractivity contribution in [1.29, 1.82) is 0 Å². The van der Waals surface area contributed by atoms with Crippen LogP contribution in [0.15, 0.2) is 42.2 Å². The van der Waals surface area contributed by atoms with E-state index in [1.807, 2.05) is 17.0 Å². The number of fused-ring (bicyclic) bond motifs is 4. The lowest BCUT2D eigenvalue weighted by atomic mass is 9.78. The molecule has 10 nitrogen and oxygen atoms in total. The molecule has 0 aromatic heterocycles. The van der Waals surface area contributed by atoms with Crippen LogP contribution in [0.3, 0.4) is 0 Å². The Bertz CT molecular complexity index is 1850. The van der Waals surface area contributed by atoms with Crippen molar-refractivity contribution in [2.45, 2.75) is 102 Å². The number of rotatable bonds is 9. The van der Waals surface area contributed by atoms with E-state index in [1.165, 1.54) is 18.6 Å². The zero-order chi connectivity index (χ0) is 37.3. The van der Waals surface area contributed by atoms with Crippen LogP contribution in [0.25, 0.3) is 0 Å². The number of halogens is 2. The highest BCUT2D eigenvalue weighted by molar-refractivity contribution is 7.90. The van der Waals surface area contributed by atoms with Gasteiger partial charge in [-0.3, -0.25) is 14.5 Å². The predicted molar refractivity (Wildman–Crippen MR) is 204 cm³/mol. The Morgan fingerprint density at radius 2 is 1.72 bits per heavy atom. The molecule has 1 N–H and O–H groups in total. The van der Waals surface area contributed by atoms with Gasteiger partial charge in [0.15, 0.2) is 0 Å². The van der Waals surface area contributed by atoms with E-state index in [0.29, 0.717) is 51.7 Å². The minimum Gasteiger partial charge on any atom is -0.487 e. The number of carbonyl (C=O) groups excluding carboxylic acids is 2. The topological polar surface area (TPSA) is 108 Å². The van der Waals surface area contributed by atoms with Gasteiger partial charge in [0.2, 0.25) is 15.9 Å². The molecule has 0 unspecified atom stereocenters. The quantitative estimate of drug-likeness (QED) is 0.322. The first-order valence-corrected chi connectivity index (χ1v) is 21.3. The molecule has 3 fully saturated rings. The van der Waals surface area contributed by atoms with E-state index in [0.717, 1.165) is 86.2 Å². The second kappa shape index (κ2) is 15.9. The molecule has 2 saturated heterocycles. The minimum atomic E-state index is -4.14. The number of benzene rings is 2. The van der Waals surface area contributed by atoms with E-state index in [2.05, 4.69) is 9.62 Å². The molecule has 1 spiro atoms. The second-order valence-electron chi connectivity index (χ2n) is 15.6. The van der Waals surface area contributed by atoms with Gasteiger partial charge < -0.3 is 19.3 Å². The van der Waals surface area contributed by atoms with Gasteiger partial charge in [0.1, 0.15) is 24.2 Å². The third-order valence-electron chi connectivity index (χ3n) is 12.1. The second-order valence-corrected chi connectivity index (χ2v) is 18.1. The van der Waals surface area contributed by atoms with E-state index in [4.69, 9.17) is 21.1 Å². The maximum absolute atomic E-state index is 16.1. The molecule has 1 saturated carbocycles. The Hall–Kier alpha value is -3.19. The number of nitrogens with zero attached hydrogens (tertiary/aromatic N) is 3. The Morgan fingerprint density at radius 1 is 0.981 bits per heavy atom. The normalized spacial score (nSPS) is 22.2. The lowest BCUT2D eigenvalue weighted by molar-refractivity contribution is -0.170. The van der Waals surface area contributed by atoms with Crippen LogP contribution in [0.4, 0.5) is 10.1 Å². The zero-order valence-electron chi connectivity index (χ0n) is 30.9. The summed E-state index contributed by atoms with van der Waals surface area (Å²) in [7, 11) is -4.14. The summed E-state index contributed by atoms with van der Waals surface area (Å²) in [6, 6.07) is 8.06. The summed E-state index contributed by atoms with van der Waals surface area (Å²) < 4.78 is 57.9. The fourth-order valence-electron chi connectivity index (χ4n) is 8.51. The summed E-state index contributed by atoms with van der Waals surface area (Å²) in [6.45, 7) is 7.73. The third-order valence-corrected chi connectivity index (χ3v) is 14.3. The predicted octanol–water partition coefficient (Wildman–Crippen LogP) is 6.19. The van der Waals surface area contributed by atoms with Gasteiger partial charge in [-0.25, -0.2) is 17.5 Å². The van der Waals surface area contributed by atoms with Crippen LogP contribution in [0.1, 0.15) is 92.3 Å². The SMILES string of the molecule is C[C@H]([C@@H](C)C/C=C(\F)[C@H](C(=O)N1CCOC2(CCC2)C1)N1CCCC1)S(=O)(=O)NC(=O)c1ccc2c(c1)N1CCCCc3cc(Cl)cc(c3CO2)CC1. The van der Waals surface area contributed by atoms with Crippen molar-refractivity contribution in [3.05, 3.63) is 69.5 Å². The summed E-state index contributed by atoms with van der Waals surface area (Å²) in [5, 5.41) is -0.290. The highest BCUT2D eigenvalue weighted by Crippen LogP contribution is 2.39. The number of carbonyl (C=O) groups is 2. The number of anilines is 1. The molecule has 53 heavy (non-hydrogen) atoms. The molecule has 7 rings (SSSR count). The van der Waals surface area contributed by atoms with Gasteiger partial charge in [0.25, 0.3) is 5.91 Å². The lowest BCUT2D eigenvalue weighted by Gasteiger charge is -2.49. The van der Waals surface area contributed by atoms with Gasteiger partial charge in [-0.15, -0.1) is 0 Å². The summed E-state index contributed by atoms with van der Waals surface area (Å²) in [6.07, 6.45) is 9.75. The monoisotopic (exact) mass is 770 g/mol. The van der Waals surface area contributed by atoms with E-state index in [1.54, 1.807) is 30.0 Å². The number of aryl methyl sites for hydroxylation is 1.